The third-order valence-electron chi connectivity index (χ3n) is 7.82. The number of rotatable bonds is 7. The summed E-state index contributed by atoms with van der Waals surface area (Å²) in [6, 6.07) is 17.6. The lowest BCUT2D eigenvalue weighted by atomic mass is 9.74. The Morgan fingerprint density at radius 3 is 2.28 bits per heavy atom. The molecule has 0 bridgehead atoms. The molecule has 2 aromatic rings. The Kier molecular flexibility index (Phi) is 7.23. The number of morpholine rings is 1. The molecule has 4 amide bonds. The Balaban J connectivity index is 1.20. The van der Waals surface area contributed by atoms with Gasteiger partial charge in [0, 0.05) is 37.4 Å². The van der Waals surface area contributed by atoms with Gasteiger partial charge >= 0.3 is 6.03 Å². The van der Waals surface area contributed by atoms with Crippen LogP contribution in [0.3, 0.4) is 0 Å². The molecule has 0 aliphatic carbocycles. The molecule has 3 fully saturated rings. The normalized spacial score (nSPS) is 22.9. The van der Waals surface area contributed by atoms with E-state index in [4.69, 9.17) is 4.74 Å². The molecule has 0 radical (unpaired) electrons. The third kappa shape index (κ3) is 5.09. The number of amides is 4. The van der Waals surface area contributed by atoms with E-state index in [2.05, 4.69) is 27.7 Å². The molecule has 1 atom stereocenters. The van der Waals surface area contributed by atoms with Crippen molar-refractivity contribution in [3.63, 3.8) is 0 Å². The fraction of sp³-hybridized carbons (Fsp3) is 0.464. The van der Waals surface area contributed by atoms with Crippen molar-refractivity contribution in [1.82, 2.24) is 15.5 Å². The maximum atomic E-state index is 13.2. The predicted octanol–water partition coefficient (Wildman–Crippen LogP) is 2.98. The number of anilines is 1. The Morgan fingerprint density at radius 1 is 0.944 bits per heavy atom. The molecule has 1 unspecified atom stereocenters. The molecule has 0 spiro atoms. The fourth-order valence-electron chi connectivity index (χ4n) is 5.78. The van der Waals surface area contributed by atoms with E-state index in [0.29, 0.717) is 37.9 Å². The first-order valence-corrected chi connectivity index (χ1v) is 12.9. The molecule has 8 heteroatoms. The van der Waals surface area contributed by atoms with Gasteiger partial charge in [-0.1, -0.05) is 30.3 Å². The number of nitrogens with zero attached hydrogens (tertiary/aromatic N) is 2. The van der Waals surface area contributed by atoms with Crippen LogP contribution in [0.15, 0.2) is 54.6 Å². The summed E-state index contributed by atoms with van der Waals surface area (Å²) in [5.41, 5.74) is 2.10. The quantitative estimate of drug-likeness (QED) is 0.583. The van der Waals surface area contributed by atoms with Crippen molar-refractivity contribution in [2.75, 3.05) is 44.3 Å². The van der Waals surface area contributed by atoms with Gasteiger partial charge in [0.2, 0.25) is 0 Å². The Morgan fingerprint density at radius 2 is 1.64 bits per heavy atom. The number of benzene rings is 2. The summed E-state index contributed by atoms with van der Waals surface area (Å²) in [6.07, 6.45) is 3.59. The summed E-state index contributed by atoms with van der Waals surface area (Å²) in [6.45, 7) is 4.30. The lowest BCUT2D eigenvalue weighted by Gasteiger charge is -2.40. The highest BCUT2D eigenvalue weighted by Gasteiger charge is 2.51. The first kappa shape index (κ1) is 24.3. The van der Waals surface area contributed by atoms with Gasteiger partial charge in [-0.05, 0) is 67.9 Å². The van der Waals surface area contributed by atoms with E-state index in [1.165, 1.54) is 5.56 Å². The van der Waals surface area contributed by atoms with Crippen LogP contribution in [0.1, 0.15) is 41.6 Å². The molecule has 5 rings (SSSR count). The van der Waals surface area contributed by atoms with Gasteiger partial charge in [-0.15, -0.1) is 0 Å². The van der Waals surface area contributed by atoms with Crippen molar-refractivity contribution >= 4 is 23.5 Å². The van der Waals surface area contributed by atoms with Gasteiger partial charge < -0.3 is 19.9 Å². The van der Waals surface area contributed by atoms with Gasteiger partial charge in [0.25, 0.3) is 11.8 Å². The number of hydrogen-bond acceptors (Lipinski definition) is 5. The molecule has 190 valence electrons. The van der Waals surface area contributed by atoms with Crippen molar-refractivity contribution in [2.45, 2.75) is 37.6 Å². The molecule has 3 aliphatic heterocycles. The van der Waals surface area contributed by atoms with Crippen LogP contribution in [0.25, 0.3) is 0 Å². The highest BCUT2D eigenvalue weighted by atomic mass is 16.5. The second-order valence-electron chi connectivity index (χ2n) is 9.93. The van der Waals surface area contributed by atoms with Crippen LogP contribution < -0.4 is 15.5 Å². The first-order valence-electron chi connectivity index (χ1n) is 12.9. The smallest absolute Gasteiger partial charge is 0.322 e. The number of carbonyl (C=O) groups excluding carboxylic acids is 3. The standard InChI is InChI=1S/C28H34N4O4/c33-25(22-8-10-24(11-9-22)31-17-19-36-20-18-31)32-15-12-23(13-16-32)28(26(34)29-27(35)30-28)14-4-7-21-5-2-1-3-6-21/h1-3,5-6,8-11,23H,4,7,12-20H2,(H2,29,30,34,35). The van der Waals surface area contributed by atoms with Gasteiger partial charge in [-0.25, -0.2) is 4.79 Å². The van der Waals surface area contributed by atoms with Gasteiger partial charge in [-0.3, -0.25) is 14.9 Å². The molecule has 2 N–H and O–H groups in total. The zero-order chi connectivity index (χ0) is 25.0. The lowest BCUT2D eigenvalue weighted by molar-refractivity contribution is -0.127. The summed E-state index contributed by atoms with van der Waals surface area (Å²) in [7, 11) is 0. The average molecular weight is 491 g/mol. The van der Waals surface area contributed by atoms with Crippen molar-refractivity contribution in [3.05, 3.63) is 65.7 Å². The summed E-state index contributed by atoms with van der Waals surface area (Å²) >= 11 is 0. The molecular weight excluding hydrogens is 456 g/mol. The molecule has 8 nitrogen and oxygen atoms in total. The maximum Gasteiger partial charge on any atom is 0.322 e. The van der Waals surface area contributed by atoms with E-state index in [1.807, 2.05) is 47.4 Å². The van der Waals surface area contributed by atoms with Gasteiger partial charge in [-0.2, -0.15) is 0 Å². The van der Waals surface area contributed by atoms with Gasteiger partial charge in [0.1, 0.15) is 5.54 Å². The van der Waals surface area contributed by atoms with Crippen LogP contribution in [0, 0.1) is 5.92 Å². The number of hydrogen-bond donors (Lipinski definition) is 2. The molecule has 2 aromatic carbocycles. The molecular formula is C28H34N4O4. The highest BCUT2D eigenvalue weighted by molar-refractivity contribution is 6.07. The molecule has 3 aliphatic rings. The zero-order valence-corrected chi connectivity index (χ0v) is 20.6. The van der Waals surface area contributed by atoms with Crippen LogP contribution >= 0.6 is 0 Å². The van der Waals surface area contributed by atoms with Crippen molar-refractivity contribution in [2.24, 2.45) is 5.92 Å². The number of likely N-dealkylation sites (tertiary alicyclic amines) is 1. The molecule has 3 heterocycles. The zero-order valence-electron chi connectivity index (χ0n) is 20.6. The van der Waals surface area contributed by atoms with E-state index in [0.717, 1.165) is 44.8 Å². The second kappa shape index (κ2) is 10.7. The van der Waals surface area contributed by atoms with Crippen molar-refractivity contribution in [1.29, 1.82) is 0 Å². The van der Waals surface area contributed by atoms with Crippen LogP contribution in [-0.2, 0) is 16.0 Å². The highest BCUT2D eigenvalue weighted by Crippen LogP contribution is 2.35. The summed E-state index contributed by atoms with van der Waals surface area (Å²) in [5.74, 6) is -0.225. The Hall–Kier alpha value is -3.39. The summed E-state index contributed by atoms with van der Waals surface area (Å²) < 4.78 is 5.42. The minimum atomic E-state index is -0.902. The number of piperidine rings is 1. The largest absolute Gasteiger partial charge is 0.378 e. The fourth-order valence-corrected chi connectivity index (χ4v) is 5.78. The van der Waals surface area contributed by atoms with E-state index in [9.17, 15) is 14.4 Å². The Labute approximate surface area is 212 Å². The lowest BCUT2D eigenvalue weighted by Crippen LogP contribution is -2.56. The maximum absolute atomic E-state index is 13.2. The molecule has 3 saturated heterocycles. The second-order valence-corrected chi connectivity index (χ2v) is 9.93. The molecule has 0 saturated carbocycles. The van der Waals surface area contributed by atoms with Crippen molar-refractivity contribution in [3.8, 4) is 0 Å². The van der Waals surface area contributed by atoms with Gasteiger partial charge in [0.05, 0.1) is 13.2 Å². The predicted molar refractivity (Wildman–Crippen MR) is 137 cm³/mol. The Bertz CT molecular complexity index is 1080. The summed E-state index contributed by atoms with van der Waals surface area (Å²) in [4.78, 5) is 42.4. The number of imide groups is 1. The van der Waals surface area contributed by atoms with E-state index in [-0.39, 0.29) is 17.7 Å². The number of carbonyl (C=O) groups is 3. The number of ether oxygens (including phenoxy) is 1. The minimum Gasteiger partial charge on any atom is -0.378 e. The van der Waals surface area contributed by atoms with Crippen LogP contribution in [-0.4, -0.2) is 67.7 Å². The number of nitrogens with one attached hydrogen (secondary N) is 2. The number of aryl methyl sites for hydroxylation is 1. The number of urea groups is 1. The monoisotopic (exact) mass is 490 g/mol. The van der Waals surface area contributed by atoms with Gasteiger partial charge in [0.15, 0.2) is 0 Å². The third-order valence-corrected chi connectivity index (χ3v) is 7.82. The minimum absolute atomic E-state index is 0.00697. The average Bonchev–Trinajstić information content (AvgIpc) is 3.23. The molecule has 36 heavy (non-hydrogen) atoms. The van der Waals surface area contributed by atoms with Crippen LogP contribution in [0.2, 0.25) is 0 Å². The molecule has 0 aromatic heterocycles. The van der Waals surface area contributed by atoms with Crippen LogP contribution in [0.5, 0.6) is 0 Å². The van der Waals surface area contributed by atoms with E-state index in [1.54, 1.807) is 0 Å². The van der Waals surface area contributed by atoms with E-state index < -0.39 is 11.6 Å². The van der Waals surface area contributed by atoms with E-state index >= 15 is 0 Å². The summed E-state index contributed by atoms with van der Waals surface area (Å²) in [5, 5.41) is 5.43. The van der Waals surface area contributed by atoms with Crippen LogP contribution in [0.4, 0.5) is 10.5 Å². The first-order chi connectivity index (χ1) is 17.5. The topological polar surface area (TPSA) is 91.0 Å². The van der Waals surface area contributed by atoms with Crippen molar-refractivity contribution < 1.29 is 19.1 Å². The SMILES string of the molecule is O=C1NC(=O)C(CCCc2ccccc2)(C2CCN(C(=O)c3ccc(N4CCOCC4)cc3)CC2)N1.